The molecule has 0 amide bonds. The van der Waals surface area contributed by atoms with E-state index in [2.05, 4.69) is 22.2 Å². The molecule has 5 nitrogen and oxygen atoms in total. The first-order valence-corrected chi connectivity index (χ1v) is 7.69. The molecule has 1 saturated heterocycles. The maximum atomic E-state index is 12.8. The molecule has 0 saturated carbocycles. The number of hydrogen-bond donors (Lipinski definition) is 2. The van der Waals surface area contributed by atoms with Gasteiger partial charge in [0.25, 0.3) is 0 Å². The number of hydrogen-bond acceptors (Lipinski definition) is 3. The maximum Gasteiger partial charge on any atom is 0.419 e. The largest absolute Gasteiger partial charge is 0.419 e. The zero-order valence-corrected chi connectivity index (χ0v) is 13.1. The summed E-state index contributed by atoms with van der Waals surface area (Å²) < 4.78 is 38.5. The molecular weight excluding hydrogens is 307 g/mol. The molecule has 3 N–H and O–H groups in total. The van der Waals surface area contributed by atoms with Gasteiger partial charge in [-0.15, -0.1) is 0 Å². The number of nitrogens with one attached hydrogen (secondary N) is 1. The number of nitrogens with zero attached hydrogens (tertiary/aromatic N) is 3. The number of aliphatic imine (C=N–C) groups is 1. The third-order valence-corrected chi connectivity index (χ3v) is 3.90. The van der Waals surface area contributed by atoms with Crippen molar-refractivity contribution in [1.29, 1.82) is 0 Å². The molecule has 0 unspecified atom stereocenters. The molecule has 0 bridgehead atoms. The van der Waals surface area contributed by atoms with Gasteiger partial charge in [-0.05, 0) is 30.9 Å². The van der Waals surface area contributed by atoms with Crippen LogP contribution in [0.3, 0.4) is 0 Å². The summed E-state index contributed by atoms with van der Waals surface area (Å²) in [6, 6.07) is 2.27. The molecule has 23 heavy (non-hydrogen) atoms. The molecule has 0 aromatic carbocycles. The Morgan fingerprint density at radius 3 is 2.78 bits per heavy atom. The first kappa shape index (κ1) is 17.4. The molecule has 0 spiro atoms. The molecule has 1 aromatic heterocycles. The van der Waals surface area contributed by atoms with E-state index < -0.39 is 11.7 Å². The van der Waals surface area contributed by atoms with E-state index >= 15 is 0 Å². The summed E-state index contributed by atoms with van der Waals surface area (Å²) in [7, 11) is 0. The average molecular weight is 329 g/mol. The van der Waals surface area contributed by atoms with Crippen LogP contribution in [0.2, 0.25) is 0 Å². The molecule has 1 aliphatic heterocycles. The number of guanidine groups is 1. The number of rotatable bonds is 4. The number of likely N-dealkylation sites (tertiary alicyclic amines) is 1. The van der Waals surface area contributed by atoms with Crippen LogP contribution < -0.4 is 11.1 Å². The molecule has 8 heteroatoms. The van der Waals surface area contributed by atoms with E-state index in [0.29, 0.717) is 18.4 Å². The monoisotopic (exact) mass is 329 g/mol. The van der Waals surface area contributed by atoms with E-state index in [4.69, 9.17) is 5.73 Å². The topological polar surface area (TPSA) is 66.5 Å². The van der Waals surface area contributed by atoms with Crippen LogP contribution in [-0.4, -0.2) is 42.0 Å². The van der Waals surface area contributed by atoms with Crippen LogP contribution in [0.4, 0.5) is 19.0 Å². The zero-order valence-electron chi connectivity index (χ0n) is 13.1. The fraction of sp³-hybridized carbons (Fsp3) is 0.600. The van der Waals surface area contributed by atoms with Crippen molar-refractivity contribution in [3.05, 3.63) is 23.9 Å². The number of alkyl halides is 3. The maximum absolute atomic E-state index is 12.8. The van der Waals surface area contributed by atoms with Gasteiger partial charge in [-0.3, -0.25) is 4.99 Å². The number of piperidine rings is 1. The second kappa shape index (κ2) is 7.52. The van der Waals surface area contributed by atoms with Gasteiger partial charge >= 0.3 is 6.18 Å². The van der Waals surface area contributed by atoms with Gasteiger partial charge in [0, 0.05) is 25.8 Å². The fourth-order valence-electron chi connectivity index (χ4n) is 2.46. The molecule has 2 heterocycles. The van der Waals surface area contributed by atoms with Gasteiger partial charge in [0.2, 0.25) is 0 Å². The van der Waals surface area contributed by atoms with Crippen LogP contribution in [0.25, 0.3) is 0 Å². The summed E-state index contributed by atoms with van der Waals surface area (Å²) in [5.41, 5.74) is 5.15. The highest BCUT2D eigenvalue weighted by molar-refractivity contribution is 5.78. The summed E-state index contributed by atoms with van der Waals surface area (Å²) in [6.07, 6.45) is -0.942. The van der Waals surface area contributed by atoms with Crippen LogP contribution in [0.5, 0.6) is 0 Å². The third-order valence-electron chi connectivity index (χ3n) is 3.90. The quantitative estimate of drug-likeness (QED) is 0.506. The average Bonchev–Trinajstić information content (AvgIpc) is 2.51. The second-order valence-electron chi connectivity index (χ2n) is 5.73. The van der Waals surface area contributed by atoms with Crippen LogP contribution in [0.1, 0.15) is 25.3 Å². The van der Waals surface area contributed by atoms with Crippen LogP contribution in [0, 0.1) is 5.92 Å². The summed E-state index contributed by atoms with van der Waals surface area (Å²) >= 11 is 0. The van der Waals surface area contributed by atoms with Gasteiger partial charge in [0.05, 0.1) is 12.1 Å². The standard InChI is InChI=1S/C15H22F3N5/c1-11-4-9-23(10-5-11)14(19)22-8-7-21-13-12(15(16,17)18)3-2-6-20-13/h2-3,6,11H,4-5,7-10H2,1H3,(H2,19,22)(H,20,21). The molecule has 128 valence electrons. The normalized spacial score (nSPS) is 17.4. The van der Waals surface area contributed by atoms with Crippen molar-refractivity contribution in [2.75, 3.05) is 31.5 Å². The Morgan fingerprint density at radius 2 is 2.13 bits per heavy atom. The predicted molar refractivity (Wildman–Crippen MR) is 84.2 cm³/mol. The van der Waals surface area contributed by atoms with Gasteiger partial charge in [-0.25, -0.2) is 4.98 Å². The third kappa shape index (κ3) is 5.01. The highest BCUT2D eigenvalue weighted by Crippen LogP contribution is 2.33. The van der Waals surface area contributed by atoms with E-state index in [0.717, 1.165) is 32.0 Å². The fourth-order valence-corrected chi connectivity index (χ4v) is 2.46. The van der Waals surface area contributed by atoms with Gasteiger partial charge in [-0.2, -0.15) is 13.2 Å². The summed E-state index contributed by atoms with van der Waals surface area (Å²) in [5, 5.41) is 2.67. The van der Waals surface area contributed by atoms with Gasteiger partial charge in [0.1, 0.15) is 5.82 Å². The van der Waals surface area contributed by atoms with Crippen molar-refractivity contribution >= 4 is 11.8 Å². The van der Waals surface area contributed by atoms with Crippen molar-refractivity contribution in [3.63, 3.8) is 0 Å². The minimum absolute atomic E-state index is 0.180. The van der Waals surface area contributed by atoms with E-state index in [1.54, 1.807) is 0 Å². The lowest BCUT2D eigenvalue weighted by molar-refractivity contribution is -0.137. The Kier molecular flexibility index (Phi) is 5.68. The number of pyridine rings is 1. The summed E-state index contributed by atoms with van der Waals surface area (Å²) in [5.74, 6) is 0.974. The van der Waals surface area contributed by atoms with E-state index in [9.17, 15) is 13.2 Å². The molecule has 1 aromatic rings. The van der Waals surface area contributed by atoms with Crippen LogP contribution in [-0.2, 0) is 6.18 Å². The highest BCUT2D eigenvalue weighted by atomic mass is 19.4. The minimum atomic E-state index is -4.43. The lowest BCUT2D eigenvalue weighted by Crippen LogP contribution is -2.42. The molecule has 0 aliphatic carbocycles. The number of aromatic nitrogens is 1. The Hall–Kier alpha value is -1.99. The molecule has 1 aliphatic rings. The molecular formula is C15H22F3N5. The molecule has 0 atom stereocenters. The first-order valence-electron chi connectivity index (χ1n) is 7.69. The first-order chi connectivity index (χ1) is 10.9. The van der Waals surface area contributed by atoms with Crippen LogP contribution in [0.15, 0.2) is 23.3 Å². The van der Waals surface area contributed by atoms with Gasteiger partial charge < -0.3 is 16.0 Å². The lowest BCUT2D eigenvalue weighted by Gasteiger charge is -2.31. The van der Waals surface area contributed by atoms with Crippen molar-refractivity contribution in [1.82, 2.24) is 9.88 Å². The van der Waals surface area contributed by atoms with Gasteiger partial charge in [0.15, 0.2) is 5.96 Å². The van der Waals surface area contributed by atoms with Crippen molar-refractivity contribution in [2.45, 2.75) is 25.9 Å². The Morgan fingerprint density at radius 1 is 1.43 bits per heavy atom. The van der Waals surface area contributed by atoms with Crippen molar-refractivity contribution in [2.24, 2.45) is 16.6 Å². The lowest BCUT2D eigenvalue weighted by atomic mass is 10.00. The Labute approximate surface area is 133 Å². The van der Waals surface area contributed by atoms with E-state index in [1.807, 2.05) is 4.90 Å². The van der Waals surface area contributed by atoms with E-state index in [1.165, 1.54) is 12.3 Å². The minimum Gasteiger partial charge on any atom is -0.370 e. The van der Waals surface area contributed by atoms with Crippen molar-refractivity contribution in [3.8, 4) is 0 Å². The van der Waals surface area contributed by atoms with E-state index in [-0.39, 0.29) is 12.4 Å². The van der Waals surface area contributed by atoms with Gasteiger partial charge in [-0.1, -0.05) is 6.92 Å². The second-order valence-corrected chi connectivity index (χ2v) is 5.73. The summed E-state index contributed by atoms with van der Waals surface area (Å²) in [6.45, 7) is 4.50. The zero-order chi connectivity index (χ0) is 16.9. The SMILES string of the molecule is CC1CCN(C(N)=NCCNc2ncccc2C(F)(F)F)CC1. The number of anilines is 1. The Balaban J connectivity index is 1.85. The summed E-state index contributed by atoms with van der Waals surface area (Å²) in [4.78, 5) is 9.98. The van der Waals surface area contributed by atoms with Crippen molar-refractivity contribution < 1.29 is 13.2 Å². The molecule has 2 rings (SSSR count). The van der Waals surface area contributed by atoms with Crippen LogP contribution >= 0.6 is 0 Å². The predicted octanol–water partition coefficient (Wildman–Crippen LogP) is 2.56. The molecule has 0 radical (unpaired) electrons. The smallest absolute Gasteiger partial charge is 0.370 e. The number of nitrogens with two attached hydrogens (primary N) is 1. The Bertz CT molecular complexity index is 536. The number of halogens is 3. The highest BCUT2D eigenvalue weighted by Gasteiger charge is 2.33. The molecule has 1 fully saturated rings.